The molecule has 168 valence electrons. The van der Waals surface area contributed by atoms with Crippen molar-refractivity contribution in [3.8, 4) is 11.5 Å². The van der Waals surface area contributed by atoms with Crippen LogP contribution in [0, 0.1) is 0 Å². The molecule has 0 fully saturated rings. The summed E-state index contributed by atoms with van der Waals surface area (Å²) in [7, 11) is 2.99. The number of hydrogen-bond acceptors (Lipinski definition) is 7. The summed E-state index contributed by atoms with van der Waals surface area (Å²) in [6, 6.07) is 9.76. The maximum Gasteiger partial charge on any atom is 0.336 e. The molecule has 1 aliphatic heterocycles. The molecule has 6 nitrogen and oxygen atoms in total. The van der Waals surface area contributed by atoms with Gasteiger partial charge in [-0.05, 0) is 55.3 Å². The molecule has 1 aromatic heterocycles. The standard InChI is InChI=1S/C25H27NO5S/c1-5-31-19-9-8-15(13-20(19)29-3)16-11-17-23(18(27)12-16)24(21-7-6-10-32-21)22(14(2)26-17)25(28)30-4/h6-10,13,16,24,26H,5,11-12H2,1-4H3/t16-,24-/m0/s1. The van der Waals surface area contributed by atoms with E-state index < -0.39 is 11.9 Å². The third-order valence-corrected chi connectivity index (χ3v) is 6.96. The normalized spacial score (nSPS) is 20.6. The first kappa shape index (κ1) is 22.1. The lowest BCUT2D eigenvalue weighted by molar-refractivity contribution is -0.136. The minimum Gasteiger partial charge on any atom is -0.493 e. The molecule has 2 aromatic rings. The van der Waals surface area contributed by atoms with Gasteiger partial charge in [-0.25, -0.2) is 4.79 Å². The molecule has 1 aromatic carbocycles. The predicted octanol–water partition coefficient (Wildman–Crippen LogP) is 4.69. The van der Waals surface area contributed by atoms with E-state index >= 15 is 0 Å². The molecule has 0 radical (unpaired) electrons. The van der Waals surface area contributed by atoms with Gasteiger partial charge in [-0.3, -0.25) is 4.79 Å². The van der Waals surface area contributed by atoms with Crippen LogP contribution in [0.3, 0.4) is 0 Å². The number of thiophene rings is 1. The second-order valence-corrected chi connectivity index (χ2v) is 8.85. The highest BCUT2D eigenvalue weighted by Crippen LogP contribution is 2.47. The minimum absolute atomic E-state index is 0.00906. The van der Waals surface area contributed by atoms with Crippen LogP contribution in [0.15, 0.2) is 58.3 Å². The summed E-state index contributed by atoms with van der Waals surface area (Å²) < 4.78 is 16.2. The number of hydrogen-bond donors (Lipinski definition) is 1. The Hall–Kier alpha value is -3.06. The lowest BCUT2D eigenvalue weighted by Crippen LogP contribution is -2.35. The van der Waals surface area contributed by atoms with Crippen LogP contribution in [0.5, 0.6) is 11.5 Å². The molecule has 2 atom stereocenters. The fourth-order valence-electron chi connectivity index (χ4n) is 4.61. The molecule has 0 unspecified atom stereocenters. The van der Waals surface area contributed by atoms with Crippen molar-refractivity contribution in [2.45, 2.75) is 38.5 Å². The van der Waals surface area contributed by atoms with Gasteiger partial charge in [0, 0.05) is 28.3 Å². The molecule has 0 amide bonds. The zero-order valence-corrected chi connectivity index (χ0v) is 19.5. The Bertz CT molecular complexity index is 1100. The molecule has 2 heterocycles. The SMILES string of the molecule is CCOc1ccc([C@@H]2CC(=O)C3=C(C2)NC(C)=C(C(=O)OC)[C@@H]3c2cccs2)cc1OC. The first-order valence-electron chi connectivity index (χ1n) is 10.6. The van der Waals surface area contributed by atoms with Crippen molar-refractivity contribution >= 4 is 23.1 Å². The van der Waals surface area contributed by atoms with E-state index in [1.54, 1.807) is 18.4 Å². The van der Waals surface area contributed by atoms with Crippen LogP contribution in [0.2, 0.25) is 0 Å². The molecule has 0 saturated heterocycles. The highest BCUT2D eigenvalue weighted by molar-refractivity contribution is 7.10. The van der Waals surface area contributed by atoms with Gasteiger partial charge in [0.05, 0.1) is 32.3 Å². The maximum absolute atomic E-state index is 13.5. The van der Waals surface area contributed by atoms with Crippen LogP contribution in [0.1, 0.15) is 49.0 Å². The summed E-state index contributed by atoms with van der Waals surface area (Å²) in [6.07, 6.45) is 1.04. The quantitative estimate of drug-likeness (QED) is 0.640. The molecule has 32 heavy (non-hydrogen) atoms. The van der Waals surface area contributed by atoms with Crippen molar-refractivity contribution in [1.82, 2.24) is 5.32 Å². The molecule has 4 rings (SSSR count). The van der Waals surface area contributed by atoms with Gasteiger partial charge in [-0.2, -0.15) is 0 Å². The lowest BCUT2D eigenvalue weighted by atomic mass is 9.73. The third kappa shape index (κ3) is 3.93. The Labute approximate surface area is 191 Å². The van der Waals surface area contributed by atoms with E-state index in [2.05, 4.69) is 5.32 Å². The van der Waals surface area contributed by atoms with Gasteiger partial charge in [0.15, 0.2) is 17.3 Å². The Balaban J connectivity index is 1.72. The number of rotatable bonds is 6. The Morgan fingerprint density at radius 3 is 2.66 bits per heavy atom. The zero-order chi connectivity index (χ0) is 22.8. The van der Waals surface area contributed by atoms with Gasteiger partial charge < -0.3 is 19.5 Å². The van der Waals surface area contributed by atoms with Gasteiger partial charge in [0.25, 0.3) is 0 Å². The van der Waals surface area contributed by atoms with Crippen molar-refractivity contribution in [3.05, 3.63) is 68.7 Å². The van der Waals surface area contributed by atoms with Crippen LogP contribution in [0.25, 0.3) is 0 Å². The van der Waals surface area contributed by atoms with E-state index in [1.165, 1.54) is 7.11 Å². The Morgan fingerprint density at radius 2 is 2.00 bits per heavy atom. The average molecular weight is 454 g/mol. The van der Waals surface area contributed by atoms with Crippen LogP contribution < -0.4 is 14.8 Å². The molecular weight excluding hydrogens is 426 g/mol. The molecular formula is C25H27NO5S. The number of ketones is 1. The molecule has 1 N–H and O–H groups in total. The smallest absolute Gasteiger partial charge is 0.336 e. The zero-order valence-electron chi connectivity index (χ0n) is 18.7. The highest BCUT2D eigenvalue weighted by Gasteiger charge is 2.41. The predicted molar refractivity (Wildman–Crippen MR) is 123 cm³/mol. The van der Waals surface area contributed by atoms with Crippen molar-refractivity contribution in [2.75, 3.05) is 20.8 Å². The number of Topliss-reactive ketones (excluding diaryl/α,β-unsaturated/α-hetero) is 1. The first-order valence-corrected chi connectivity index (χ1v) is 11.5. The fraction of sp³-hybridized carbons (Fsp3) is 0.360. The average Bonchev–Trinajstić information content (AvgIpc) is 3.32. The van der Waals surface area contributed by atoms with E-state index in [0.717, 1.165) is 21.8 Å². The maximum atomic E-state index is 13.5. The monoisotopic (exact) mass is 453 g/mol. The van der Waals surface area contributed by atoms with Crippen LogP contribution in [-0.4, -0.2) is 32.6 Å². The van der Waals surface area contributed by atoms with E-state index in [0.29, 0.717) is 42.1 Å². The summed E-state index contributed by atoms with van der Waals surface area (Å²) >= 11 is 1.54. The number of nitrogens with one attached hydrogen (secondary N) is 1. The molecule has 0 bridgehead atoms. The van der Waals surface area contributed by atoms with E-state index in [-0.39, 0.29) is 11.7 Å². The minimum atomic E-state index is -0.411. The fourth-order valence-corrected chi connectivity index (χ4v) is 5.45. The van der Waals surface area contributed by atoms with Gasteiger partial charge in [-0.1, -0.05) is 12.1 Å². The Kier molecular flexibility index (Phi) is 6.37. The summed E-state index contributed by atoms with van der Waals surface area (Å²) in [6.45, 7) is 4.35. The number of allylic oxidation sites excluding steroid dienone is 3. The summed E-state index contributed by atoms with van der Waals surface area (Å²) in [4.78, 5) is 27.1. The van der Waals surface area contributed by atoms with Gasteiger partial charge in [0.1, 0.15) is 0 Å². The molecule has 1 aliphatic carbocycles. The number of carbonyl (C=O) groups is 2. The number of ether oxygens (including phenoxy) is 3. The summed E-state index contributed by atoms with van der Waals surface area (Å²) in [5, 5.41) is 5.31. The van der Waals surface area contributed by atoms with Crippen LogP contribution in [-0.2, 0) is 14.3 Å². The molecule has 7 heteroatoms. The highest BCUT2D eigenvalue weighted by atomic mass is 32.1. The van der Waals surface area contributed by atoms with Crippen LogP contribution >= 0.6 is 11.3 Å². The number of esters is 1. The number of methoxy groups -OCH3 is 2. The summed E-state index contributed by atoms with van der Waals surface area (Å²) in [5.41, 5.74) is 3.81. The second-order valence-electron chi connectivity index (χ2n) is 7.87. The lowest BCUT2D eigenvalue weighted by Gasteiger charge is -2.36. The molecule has 0 spiro atoms. The van der Waals surface area contributed by atoms with E-state index in [9.17, 15) is 9.59 Å². The van der Waals surface area contributed by atoms with Gasteiger partial charge >= 0.3 is 5.97 Å². The largest absolute Gasteiger partial charge is 0.493 e. The molecule has 0 saturated carbocycles. The molecule has 2 aliphatic rings. The van der Waals surface area contributed by atoms with Crippen molar-refractivity contribution in [2.24, 2.45) is 0 Å². The van der Waals surface area contributed by atoms with Gasteiger partial charge in [-0.15, -0.1) is 11.3 Å². The number of dihydropyridines is 1. The Morgan fingerprint density at radius 1 is 1.19 bits per heavy atom. The van der Waals surface area contributed by atoms with Crippen molar-refractivity contribution in [3.63, 3.8) is 0 Å². The topological polar surface area (TPSA) is 73.9 Å². The number of benzene rings is 1. The second kappa shape index (κ2) is 9.20. The number of carbonyl (C=O) groups excluding carboxylic acids is 2. The van der Waals surface area contributed by atoms with Gasteiger partial charge in [0.2, 0.25) is 0 Å². The third-order valence-electron chi connectivity index (χ3n) is 6.02. The van der Waals surface area contributed by atoms with Crippen molar-refractivity contribution < 1.29 is 23.8 Å². The first-order chi connectivity index (χ1) is 15.5. The van der Waals surface area contributed by atoms with E-state index in [1.807, 2.05) is 49.6 Å². The summed E-state index contributed by atoms with van der Waals surface area (Å²) in [5.74, 6) is 0.594. The van der Waals surface area contributed by atoms with Crippen molar-refractivity contribution in [1.29, 1.82) is 0 Å². The van der Waals surface area contributed by atoms with E-state index in [4.69, 9.17) is 14.2 Å². The van der Waals surface area contributed by atoms with Crippen LogP contribution in [0.4, 0.5) is 0 Å².